The summed E-state index contributed by atoms with van der Waals surface area (Å²) < 4.78 is 6.79. The second-order valence-corrected chi connectivity index (χ2v) is 7.02. The van der Waals surface area contributed by atoms with Crippen molar-refractivity contribution in [2.24, 2.45) is 0 Å². The van der Waals surface area contributed by atoms with Crippen molar-refractivity contribution in [2.75, 3.05) is 5.32 Å². The summed E-state index contributed by atoms with van der Waals surface area (Å²) in [6, 6.07) is 19.8. The van der Waals surface area contributed by atoms with Crippen LogP contribution in [0.5, 0.6) is 0 Å². The summed E-state index contributed by atoms with van der Waals surface area (Å²) in [6.45, 7) is 0. The molecule has 3 aromatic carbocycles. The van der Waals surface area contributed by atoms with Crippen molar-refractivity contribution in [3.05, 3.63) is 81.8 Å². The van der Waals surface area contributed by atoms with Crippen LogP contribution in [0.25, 0.3) is 22.6 Å². The van der Waals surface area contributed by atoms with Crippen molar-refractivity contribution < 1.29 is 9.21 Å². The maximum atomic E-state index is 12.3. The lowest BCUT2D eigenvalue weighted by atomic mass is 10.2. The smallest absolute Gasteiger partial charge is 0.255 e. The van der Waals surface area contributed by atoms with E-state index in [1.807, 2.05) is 24.3 Å². The lowest BCUT2D eigenvalue weighted by Crippen LogP contribution is -2.11. The van der Waals surface area contributed by atoms with Gasteiger partial charge in [0.15, 0.2) is 5.58 Å². The van der Waals surface area contributed by atoms with E-state index in [2.05, 4.69) is 26.2 Å². The van der Waals surface area contributed by atoms with Gasteiger partial charge in [-0.05, 0) is 66.7 Å². The minimum absolute atomic E-state index is 0.211. The van der Waals surface area contributed by atoms with Gasteiger partial charge in [-0.15, -0.1) is 0 Å². The van der Waals surface area contributed by atoms with Gasteiger partial charge in [0.25, 0.3) is 5.91 Å². The topological polar surface area (TPSA) is 55.1 Å². The molecule has 1 amide bonds. The highest BCUT2D eigenvalue weighted by Crippen LogP contribution is 2.27. The summed E-state index contributed by atoms with van der Waals surface area (Å²) >= 11 is 9.26. The summed E-state index contributed by atoms with van der Waals surface area (Å²) in [4.78, 5) is 16.8. The molecule has 0 aliphatic heterocycles. The SMILES string of the molecule is O=C(Nc1ccc2oc(-c3ccc(Br)cc3)nc2c1)c1ccc(Cl)cc1. The van der Waals surface area contributed by atoms with Gasteiger partial charge in [0.2, 0.25) is 5.89 Å². The molecule has 1 N–H and O–H groups in total. The molecule has 0 aliphatic rings. The normalized spacial score (nSPS) is 10.8. The van der Waals surface area contributed by atoms with Crippen molar-refractivity contribution >= 4 is 50.2 Å². The zero-order valence-corrected chi connectivity index (χ0v) is 15.7. The Hall–Kier alpha value is -2.63. The fraction of sp³-hybridized carbons (Fsp3) is 0. The number of fused-ring (bicyclic) bond motifs is 1. The van der Waals surface area contributed by atoms with E-state index >= 15 is 0 Å². The van der Waals surface area contributed by atoms with Crippen molar-refractivity contribution in [1.82, 2.24) is 4.98 Å². The first kappa shape index (κ1) is 16.8. The van der Waals surface area contributed by atoms with Crippen LogP contribution in [0.4, 0.5) is 5.69 Å². The number of nitrogens with one attached hydrogen (secondary N) is 1. The van der Waals surface area contributed by atoms with Gasteiger partial charge in [0, 0.05) is 26.3 Å². The molecule has 4 aromatic rings. The van der Waals surface area contributed by atoms with Gasteiger partial charge in [-0.3, -0.25) is 4.79 Å². The quantitative estimate of drug-likeness (QED) is 0.426. The Kier molecular flexibility index (Phi) is 4.49. The van der Waals surface area contributed by atoms with Gasteiger partial charge in [0.05, 0.1) is 0 Å². The minimum atomic E-state index is -0.211. The summed E-state index contributed by atoms with van der Waals surface area (Å²) in [5.74, 6) is 0.325. The Morgan fingerprint density at radius 3 is 2.46 bits per heavy atom. The van der Waals surface area contributed by atoms with Crippen LogP contribution in [-0.2, 0) is 0 Å². The van der Waals surface area contributed by atoms with Crippen molar-refractivity contribution in [3.63, 3.8) is 0 Å². The Balaban J connectivity index is 1.60. The molecule has 128 valence electrons. The highest BCUT2D eigenvalue weighted by atomic mass is 79.9. The number of hydrogen-bond acceptors (Lipinski definition) is 3. The summed E-state index contributed by atoms with van der Waals surface area (Å²) in [6.07, 6.45) is 0. The van der Waals surface area contributed by atoms with Crippen LogP contribution in [0.15, 0.2) is 75.6 Å². The average molecular weight is 428 g/mol. The number of halogens is 2. The number of rotatable bonds is 3. The first-order valence-electron chi connectivity index (χ1n) is 7.82. The second kappa shape index (κ2) is 6.94. The molecule has 0 saturated heterocycles. The Bertz CT molecular complexity index is 1090. The molecular weight excluding hydrogens is 416 g/mol. The molecule has 0 fully saturated rings. The Labute approximate surface area is 162 Å². The van der Waals surface area contributed by atoms with Crippen LogP contribution in [-0.4, -0.2) is 10.9 Å². The van der Waals surface area contributed by atoms with E-state index in [9.17, 15) is 4.79 Å². The van der Waals surface area contributed by atoms with Crippen LogP contribution in [0.2, 0.25) is 5.02 Å². The maximum absolute atomic E-state index is 12.3. The molecule has 0 bridgehead atoms. The third kappa shape index (κ3) is 3.49. The average Bonchev–Trinajstić information content (AvgIpc) is 3.06. The molecule has 0 atom stereocenters. The van der Waals surface area contributed by atoms with E-state index < -0.39 is 0 Å². The number of oxazole rings is 1. The first-order chi connectivity index (χ1) is 12.6. The second-order valence-electron chi connectivity index (χ2n) is 5.67. The fourth-order valence-corrected chi connectivity index (χ4v) is 2.92. The van der Waals surface area contributed by atoms with Crippen LogP contribution in [0.1, 0.15) is 10.4 Å². The van der Waals surface area contributed by atoms with Gasteiger partial charge in [-0.1, -0.05) is 27.5 Å². The van der Waals surface area contributed by atoms with Gasteiger partial charge in [-0.25, -0.2) is 4.98 Å². The molecule has 1 heterocycles. The highest BCUT2D eigenvalue weighted by molar-refractivity contribution is 9.10. The third-order valence-corrected chi connectivity index (χ3v) is 4.62. The zero-order chi connectivity index (χ0) is 18.1. The maximum Gasteiger partial charge on any atom is 0.255 e. The Morgan fingerprint density at radius 2 is 1.73 bits per heavy atom. The molecule has 0 radical (unpaired) electrons. The first-order valence-corrected chi connectivity index (χ1v) is 8.99. The summed E-state index contributed by atoms with van der Waals surface area (Å²) in [5, 5.41) is 3.45. The van der Waals surface area contributed by atoms with Crippen molar-refractivity contribution in [2.45, 2.75) is 0 Å². The minimum Gasteiger partial charge on any atom is -0.436 e. The standard InChI is InChI=1S/C20H12BrClN2O2/c21-14-5-1-13(2-6-14)20-24-17-11-16(9-10-18(17)26-20)23-19(25)12-3-7-15(22)8-4-12/h1-11H,(H,23,25). The number of carbonyl (C=O) groups excluding carboxylic acids is 1. The molecule has 0 unspecified atom stereocenters. The predicted molar refractivity (Wildman–Crippen MR) is 107 cm³/mol. The number of carbonyl (C=O) groups is 1. The molecule has 1 aromatic heterocycles. The monoisotopic (exact) mass is 426 g/mol. The van der Waals surface area contributed by atoms with Crippen molar-refractivity contribution in [1.29, 1.82) is 0 Å². The summed E-state index contributed by atoms with van der Waals surface area (Å²) in [7, 11) is 0. The Morgan fingerprint density at radius 1 is 1.00 bits per heavy atom. The van der Waals surface area contributed by atoms with E-state index in [0.29, 0.717) is 33.3 Å². The van der Waals surface area contributed by atoms with Crippen LogP contribution < -0.4 is 5.32 Å². The fourth-order valence-electron chi connectivity index (χ4n) is 2.53. The number of nitrogens with zero attached hydrogens (tertiary/aromatic N) is 1. The number of benzene rings is 3. The molecule has 6 heteroatoms. The lowest BCUT2D eigenvalue weighted by Gasteiger charge is -2.05. The number of anilines is 1. The van der Waals surface area contributed by atoms with Crippen LogP contribution in [0.3, 0.4) is 0 Å². The molecule has 4 rings (SSSR count). The van der Waals surface area contributed by atoms with Gasteiger partial charge >= 0.3 is 0 Å². The molecule has 0 spiro atoms. The van der Waals surface area contributed by atoms with E-state index in [-0.39, 0.29) is 5.91 Å². The molecule has 0 aliphatic carbocycles. The molecule has 0 saturated carbocycles. The van der Waals surface area contributed by atoms with Gasteiger partial charge < -0.3 is 9.73 Å². The number of hydrogen-bond donors (Lipinski definition) is 1. The van der Waals surface area contributed by atoms with Gasteiger partial charge in [0.1, 0.15) is 5.52 Å². The van der Waals surface area contributed by atoms with E-state index in [1.54, 1.807) is 42.5 Å². The predicted octanol–water partition coefficient (Wildman–Crippen LogP) is 6.16. The van der Waals surface area contributed by atoms with Crippen LogP contribution >= 0.6 is 27.5 Å². The van der Waals surface area contributed by atoms with E-state index in [4.69, 9.17) is 16.0 Å². The van der Waals surface area contributed by atoms with Crippen LogP contribution in [0, 0.1) is 0 Å². The summed E-state index contributed by atoms with van der Waals surface area (Å²) in [5.41, 5.74) is 3.40. The molecular formula is C20H12BrClN2O2. The zero-order valence-electron chi connectivity index (χ0n) is 13.4. The lowest BCUT2D eigenvalue weighted by molar-refractivity contribution is 0.102. The van der Waals surface area contributed by atoms with Crippen molar-refractivity contribution in [3.8, 4) is 11.5 Å². The van der Waals surface area contributed by atoms with E-state index in [0.717, 1.165) is 10.0 Å². The number of amides is 1. The molecule has 4 nitrogen and oxygen atoms in total. The largest absolute Gasteiger partial charge is 0.436 e. The van der Waals surface area contributed by atoms with Gasteiger partial charge in [-0.2, -0.15) is 0 Å². The van der Waals surface area contributed by atoms with E-state index in [1.165, 1.54) is 0 Å². The third-order valence-electron chi connectivity index (χ3n) is 3.84. The molecule has 26 heavy (non-hydrogen) atoms. The number of aromatic nitrogens is 1. The highest BCUT2D eigenvalue weighted by Gasteiger charge is 2.11.